The molecule has 12 rings (SSSR count). The summed E-state index contributed by atoms with van der Waals surface area (Å²) in [6.07, 6.45) is 3.12. The van der Waals surface area contributed by atoms with Gasteiger partial charge in [-0.05, 0) is 118 Å². The number of benzene rings is 2. The number of fused-ring (bicyclic) bond motifs is 6. The maximum atomic E-state index is 13.5. The van der Waals surface area contributed by atoms with E-state index in [4.69, 9.17) is 35.6 Å². The normalized spacial score (nSPS) is 20.8. The van der Waals surface area contributed by atoms with Crippen molar-refractivity contribution in [1.82, 2.24) is 48.0 Å². The van der Waals surface area contributed by atoms with Crippen molar-refractivity contribution in [2.75, 3.05) is 41.0 Å². The van der Waals surface area contributed by atoms with Crippen LogP contribution in [-0.2, 0) is 38.1 Å². The Morgan fingerprint density at radius 2 is 1.34 bits per heavy atom. The van der Waals surface area contributed by atoms with E-state index in [1.165, 1.54) is 6.07 Å². The third-order valence-electron chi connectivity index (χ3n) is 15.7. The lowest BCUT2D eigenvalue weighted by Crippen LogP contribution is -2.50. The summed E-state index contributed by atoms with van der Waals surface area (Å²) in [6, 6.07) is 17.8. The van der Waals surface area contributed by atoms with Crippen molar-refractivity contribution in [2.24, 2.45) is 37.4 Å². The van der Waals surface area contributed by atoms with E-state index < -0.39 is 11.9 Å². The first-order chi connectivity index (χ1) is 35.6. The molecule has 74 heavy (non-hydrogen) atoms. The number of imidazole rings is 2. The van der Waals surface area contributed by atoms with Crippen molar-refractivity contribution in [2.45, 2.75) is 88.9 Å². The number of halogens is 3. The van der Waals surface area contributed by atoms with Gasteiger partial charge in [0.25, 0.3) is 11.8 Å². The second kappa shape index (κ2) is 19.0. The van der Waals surface area contributed by atoms with Crippen molar-refractivity contribution < 1.29 is 37.0 Å². The van der Waals surface area contributed by atoms with Crippen LogP contribution < -0.4 is 20.9 Å². The number of aromatic nitrogens is 8. The Morgan fingerprint density at radius 1 is 0.716 bits per heavy atom. The highest BCUT2D eigenvalue weighted by Crippen LogP contribution is 2.41. The number of hydrogen-bond donors (Lipinski definition) is 2. The van der Waals surface area contributed by atoms with Crippen LogP contribution in [0.15, 0.2) is 66.9 Å². The quantitative estimate of drug-likeness (QED) is 0.129. The van der Waals surface area contributed by atoms with Crippen LogP contribution in [0.3, 0.4) is 0 Å². The van der Waals surface area contributed by atoms with Crippen LogP contribution >= 0.6 is 0 Å². The van der Waals surface area contributed by atoms with Gasteiger partial charge < -0.3 is 53.7 Å². The van der Waals surface area contributed by atoms with Crippen molar-refractivity contribution in [3.8, 4) is 34.5 Å². The Labute approximate surface area is 425 Å². The molecule has 8 aromatic rings. The Balaban J connectivity index is 0.000000160. The Kier molecular flexibility index (Phi) is 12.7. The minimum absolute atomic E-state index is 0.00450. The van der Waals surface area contributed by atoms with Crippen molar-refractivity contribution >= 4 is 55.9 Å². The summed E-state index contributed by atoms with van der Waals surface area (Å²) in [5, 5.41) is 1.65. The number of amides is 2. The van der Waals surface area contributed by atoms with Gasteiger partial charge >= 0.3 is 6.18 Å². The second-order valence-corrected chi connectivity index (χ2v) is 20.4. The number of rotatable bonds is 11. The number of methoxy groups -OCH3 is 3. The zero-order chi connectivity index (χ0) is 51.9. The molecule has 2 bridgehead atoms. The van der Waals surface area contributed by atoms with E-state index >= 15 is 0 Å². The molecule has 20 heteroatoms. The molecule has 4 aliphatic rings. The number of aryl methyl sites for hydroxylation is 2. The molecule has 5 atom stereocenters. The van der Waals surface area contributed by atoms with Gasteiger partial charge in [0.05, 0.1) is 43.2 Å². The summed E-state index contributed by atoms with van der Waals surface area (Å²) in [5.41, 5.74) is 18.2. The topological polar surface area (TPSA) is 192 Å². The van der Waals surface area contributed by atoms with Gasteiger partial charge in [-0.2, -0.15) is 13.2 Å². The number of pyridine rings is 2. The van der Waals surface area contributed by atoms with Crippen LogP contribution in [0.4, 0.5) is 13.2 Å². The SMILES string of the molecule is COCCn1c(-c2nc3cc(C(=O)N4C[C@H](N)CC[C@@H]4C)cc(OC)c3n2C)cc2cccnc21.COc1cc(C(=O)N2C[C@H]3CC[C@@H]2[C@@H]3N)cc2nc(-c3cc4ccc(C(F)(F)F)nc4n3CC3CC3)n(C)c12. The van der Waals surface area contributed by atoms with Crippen LogP contribution in [0.1, 0.15) is 71.9 Å². The lowest BCUT2D eigenvalue weighted by molar-refractivity contribution is -0.141. The highest BCUT2D eigenvalue weighted by atomic mass is 19.4. The highest BCUT2D eigenvalue weighted by Gasteiger charge is 2.47. The average Bonchev–Trinajstić information content (AvgIpc) is 3.71. The number of alkyl halides is 3. The van der Waals surface area contributed by atoms with E-state index in [9.17, 15) is 22.8 Å². The first-order valence-electron chi connectivity index (χ1n) is 25.3. The molecule has 2 aromatic carbocycles. The monoisotopic (exact) mass is 1010 g/mol. The third-order valence-corrected chi connectivity index (χ3v) is 15.7. The van der Waals surface area contributed by atoms with E-state index in [-0.39, 0.29) is 36.0 Å². The lowest BCUT2D eigenvalue weighted by Gasteiger charge is -2.36. The molecule has 0 spiro atoms. The van der Waals surface area contributed by atoms with Crippen LogP contribution in [0.5, 0.6) is 11.5 Å². The van der Waals surface area contributed by atoms with Gasteiger partial charge in [0.1, 0.15) is 39.5 Å². The fraction of sp³-hybridized carbons (Fsp3) is 0.444. The molecule has 2 aliphatic heterocycles. The van der Waals surface area contributed by atoms with Gasteiger partial charge in [0, 0.05) is 99.6 Å². The summed E-state index contributed by atoms with van der Waals surface area (Å²) in [5.74, 6) is 3.06. The molecule has 2 saturated heterocycles. The molecule has 0 radical (unpaired) electrons. The summed E-state index contributed by atoms with van der Waals surface area (Å²) < 4.78 is 65.1. The van der Waals surface area contributed by atoms with Crippen molar-refractivity contribution in [1.29, 1.82) is 0 Å². The predicted octanol–water partition coefficient (Wildman–Crippen LogP) is 7.79. The van der Waals surface area contributed by atoms with E-state index in [1.807, 2.05) is 67.9 Å². The van der Waals surface area contributed by atoms with Gasteiger partial charge in [-0.15, -0.1) is 0 Å². The summed E-state index contributed by atoms with van der Waals surface area (Å²) >= 11 is 0. The maximum Gasteiger partial charge on any atom is 0.433 e. The Hall–Kier alpha value is -7.03. The molecule has 2 saturated carbocycles. The van der Waals surface area contributed by atoms with Crippen LogP contribution in [0, 0.1) is 11.8 Å². The van der Waals surface area contributed by atoms with Gasteiger partial charge in [-0.1, -0.05) is 0 Å². The zero-order valence-corrected chi connectivity index (χ0v) is 42.4. The molecular formula is C54H61F3N12O5. The summed E-state index contributed by atoms with van der Waals surface area (Å²) in [7, 11) is 8.67. The van der Waals surface area contributed by atoms with Gasteiger partial charge in [0.15, 0.2) is 11.6 Å². The summed E-state index contributed by atoms with van der Waals surface area (Å²) in [4.78, 5) is 49.2. The van der Waals surface area contributed by atoms with Crippen LogP contribution in [0.2, 0.25) is 0 Å². The van der Waals surface area contributed by atoms with Gasteiger partial charge in [0.2, 0.25) is 0 Å². The van der Waals surface area contributed by atoms with Gasteiger partial charge in [-0.25, -0.2) is 19.9 Å². The Morgan fingerprint density at radius 3 is 1.91 bits per heavy atom. The van der Waals surface area contributed by atoms with Crippen LogP contribution in [-0.4, -0.2) is 125 Å². The number of ether oxygens (including phenoxy) is 3. The molecule has 4 N–H and O–H groups in total. The number of carbonyl (C=O) groups is 2. The van der Waals surface area contributed by atoms with Crippen molar-refractivity contribution in [3.63, 3.8) is 0 Å². The fourth-order valence-electron chi connectivity index (χ4n) is 11.6. The molecule has 4 fully saturated rings. The second-order valence-electron chi connectivity index (χ2n) is 20.4. The number of hydrogen-bond acceptors (Lipinski definition) is 11. The van der Waals surface area contributed by atoms with E-state index in [0.29, 0.717) is 106 Å². The molecule has 2 aliphatic carbocycles. The fourth-order valence-corrected chi connectivity index (χ4v) is 11.6. The number of nitrogens with zero attached hydrogens (tertiary/aromatic N) is 10. The molecule has 388 valence electrons. The third kappa shape index (κ3) is 8.59. The average molecular weight is 1020 g/mol. The first-order valence-corrected chi connectivity index (χ1v) is 25.3. The van der Waals surface area contributed by atoms with Gasteiger partial charge in [-0.3, -0.25) is 9.59 Å². The number of nitrogens with two attached hydrogens (primary N) is 2. The Bertz CT molecular complexity index is 3480. The van der Waals surface area contributed by atoms with E-state index in [0.717, 1.165) is 72.7 Å². The minimum atomic E-state index is -4.53. The molecule has 6 aromatic heterocycles. The standard InChI is InChI=1S/C28H29F3N6O2.C26H32N6O3/c1-35-24-18(9-17(11-21(24)39-2)27(38)37-13-16-5-7-19(37)23(16)32)33-26(35)20-10-15-6-8-22(28(29,30)31)34-25(15)36(20)12-14-3-4-14;1-16-7-8-19(27)15-32(16)26(33)18-12-20-23(22(14-18)35-4)30(2)25(29-20)21-13-17-6-5-9-28-24(17)31(21)10-11-34-3/h6,8-11,14,16,19,23H,3-5,7,12-13,32H2,1-2H3;5-6,9,12-14,16,19H,7-8,10-11,15,27H2,1-4H3/t16-,19-,23-;16-,19+/m10/s1. The van der Waals surface area contributed by atoms with Crippen molar-refractivity contribution in [3.05, 3.63) is 83.7 Å². The maximum absolute atomic E-state index is 13.5. The smallest absolute Gasteiger partial charge is 0.433 e. The van der Waals surface area contributed by atoms with E-state index in [2.05, 4.69) is 27.5 Å². The largest absolute Gasteiger partial charge is 0.494 e. The van der Waals surface area contributed by atoms with E-state index in [1.54, 1.807) is 39.7 Å². The van der Waals surface area contributed by atoms with Crippen LogP contribution in [0.25, 0.3) is 67.2 Å². The number of carbonyl (C=O) groups excluding carboxylic acids is 2. The minimum Gasteiger partial charge on any atom is -0.494 e. The lowest BCUT2D eigenvalue weighted by atomic mass is 9.99. The molecular weight excluding hydrogens is 954 g/mol. The molecule has 0 unspecified atom stereocenters. The molecule has 2 amide bonds. The molecule has 17 nitrogen and oxygen atoms in total. The highest BCUT2D eigenvalue weighted by molar-refractivity contribution is 6.02. The first kappa shape index (κ1) is 49.2. The summed E-state index contributed by atoms with van der Waals surface area (Å²) in [6.45, 7) is 5.05. The number of likely N-dealkylation sites (tertiary alicyclic amines) is 2. The zero-order valence-electron chi connectivity index (χ0n) is 42.4. The predicted molar refractivity (Wildman–Crippen MR) is 275 cm³/mol. The number of piperidine rings is 2. The molecule has 8 heterocycles.